The van der Waals surface area contributed by atoms with Crippen LogP contribution >= 0.6 is 15.9 Å². The van der Waals surface area contributed by atoms with Gasteiger partial charge in [0.15, 0.2) is 0 Å². The van der Waals surface area contributed by atoms with Gasteiger partial charge in [0.25, 0.3) is 0 Å². The largest absolute Gasteiger partial charge is 0.314 e. The Bertz CT molecular complexity index is 607. The lowest BCUT2D eigenvalue weighted by Crippen LogP contribution is -2.46. The summed E-state index contributed by atoms with van der Waals surface area (Å²) in [7, 11) is -4.06. The van der Waals surface area contributed by atoms with Crippen molar-refractivity contribution in [3.63, 3.8) is 0 Å². The van der Waals surface area contributed by atoms with E-state index in [2.05, 4.69) is 30.9 Å². The summed E-state index contributed by atoms with van der Waals surface area (Å²) in [5.74, 6) is -1.81. The number of nitrogens with zero attached hydrogens (tertiary/aromatic N) is 1. The third-order valence-electron chi connectivity index (χ3n) is 3.19. The van der Waals surface area contributed by atoms with Crippen molar-refractivity contribution >= 4 is 26.0 Å². The van der Waals surface area contributed by atoms with Gasteiger partial charge < -0.3 is 5.32 Å². The van der Waals surface area contributed by atoms with Crippen LogP contribution < -0.4 is 10.0 Å². The molecule has 0 spiro atoms. The van der Waals surface area contributed by atoms with Crippen LogP contribution in [0.5, 0.6) is 0 Å². The highest BCUT2D eigenvalue weighted by Gasteiger charge is 2.21. The van der Waals surface area contributed by atoms with Crippen LogP contribution in [0.3, 0.4) is 0 Å². The smallest absolute Gasteiger partial charge is 0.243 e. The van der Waals surface area contributed by atoms with Crippen molar-refractivity contribution in [1.82, 2.24) is 14.9 Å². The molecule has 0 bridgehead atoms. The summed E-state index contributed by atoms with van der Waals surface area (Å²) in [5.41, 5.74) is 0. The van der Waals surface area contributed by atoms with E-state index in [-0.39, 0.29) is 11.0 Å². The van der Waals surface area contributed by atoms with Crippen LogP contribution in [0.2, 0.25) is 0 Å². The Morgan fingerprint density at radius 3 is 2.57 bits per heavy atom. The van der Waals surface area contributed by atoms with Gasteiger partial charge in [-0.3, -0.25) is 4.90 Å². The van der Waals surface area contributed by atoms with E-state index >= 15 is 0 Å². The normalized spacial score (nSPS) is 17.1. The molecule has 0 amide bonds. The summed E-state index contributed by atoms with van der Waals surface area (Å²) in [6.45, 7) is 4.07. The Morgan fingerprint density at radius 2 is 1.90 bits per heavy atom. The molecule has 0 radical (unpaired) electrons. The molecule has 0 aromatic heterocycles. The molecule has 2 rings (SSSR count). The summed E-state index contributed by atoms with van der Waals surface area (Å²) >= 11 is 2.81. The fourth-order valence-corrected chi connectivity index (χ4v) is 3.47. The molecule has 21 heavy (non-hydrogen) atoms. The Hall–Kier alpha value is -0.610. The first-order valence-electron chi connectivity index (χ1n) is 6.47. The summed E-state index contributed by atoms with van der Waals surface area (Å²) in [6, 6.07) is 1.48. The molecule has 1 aromatic rings. The van der Waals surface area contributed by atoms with Crippen LogP contribution in [0.15, 0.2) is 21.5 Å². The first kappa shape index (κ1) is 16.8. The first-order valence-corrected chi connectivity index (χ1v) is 8.75. The number of piperazine rings is 1. The highest BCUT2D eigenvalue weighted by Crippen LogP contribution is 2.22. The zero-order valence-electron chi connectivity index (χ0n) is 11.2. The predicted octanol–water partition coefficient (Wildman–Crippen LogP) is 0.911. The molecule has 1 aliphatic heterocycles. The summed E-state index contributed by atoms with van der Waals surface area (Å²) in [4.78, 5) is 1.42. The molecular formula is C12H16BrF2N3O2S. The second-order valence-electron chi connectivity index (χ2n) is 4.69. The van der Waals surface area contributed by atoms with Gasteiger partial charge in [0.05, 0.1) is 4.47 Å². The van der Waals surface area contributed by atoms with Crippen molar-refractivity contribution < 1.29 is 17.2 Å². The Balaban J connectivity index is 1.99. The molecule has 9 heteroatoms. The van der Waals surface area contributed by atoms with Crippen molar-refractivity contribution in [2.24, 2.45) is 0 Å². The SMILES string of the molecule is O=S(=O)(NCCN1CCNCC1)c1cc(F)c(Br)cc1F. The monoisotopic (exact) mass is 383 g/mol. The Morgan fingerprint density at radius 1 is 1.24 bits per heavy atom. The van der Waals surface area contributed by atoms with E-state index in [1.54, 1.807) is 0 Å². The van der Waals surface area contributed by atoms with E-state index < -0.39 is 26.6 Å². The van der Waals surface area contributed by atoms with Crippen molar-refractivity contribution in [1.29, 1.82) is 0 Å². The minimum absolute atomic E-state index is 0.111. The maximum absolute atomic E-state index is 13.7. The second-order valence-corrected chi connectivity index (χ2v) is 7.28. The lowest BCUT2D eigenvalue weighted by Gasteiger charge is -2.27. The number of nitrogens with one attached hydrogen (secondary N) is 2. The van der Waals surface area contributed by atoms with Crippen LogP contribution in [0.1, 0.15) is 0 Å². The molecule has 1 heterocycles. The number of sulfonamides is 1. The average molecular weight is 384 g/mol. The fraction of sp³-hybridized carbons (Fsp3) is 0.500. The second kappa shape index (κ2) is 7.10. The maximum Gasteiger partial charge on any atom is 0.243 e. The third-order valence-corrected chi connectivity index (χ3v) is 5.28. The van der Waals surface area contributed by atoms with Crippen LogP contribution in [-0.4, -0.2) is 52.6 Å². The molecule has 5 nitrogen and oxygen atoms in total. The topological polar surface area (TPSA) is 61.4 Å². The van der Waals surface area contributed by atoms with E-state index in [1.165, 1.54) is 0 Å². The van der Waals surface area contributed by atoms with E-state index in [1.807, 2.05) is 0 Å². The van der Waals surface area contributed by atoms with Crippen LogP contribution in [0.4, 0.5) is 8.78 Å². The summed E-state index contributed by atoms with van der Waals surface area (Å²) in [5, 5.41) is 3.19. The van der Waals surface area contributed by atoms with Gasteiger partial charge in [0.1, 0.15) is 16.5 Å². The molecule has 1 aromatic carbocycles. The molecule has 1 aliphatic rings. The molecule has 2 N–H and O–H groups in total. The number of benzene rings is 1. The molecule has 1 fully saturated rings. The number of rotatable bonds is 5. The number of hydrogen-bond acceptors (Lipinski definition) is 4. The molecule has 1 saturated heterocycles. The minimum Gasteiger partial charge on any atom is -0.314 e. The zero-order valence-corrected chi connectivity index (χ0v) is 13.6. The van der Waals surface area contributed by atoms with E-state index in [4.69, 9.17) is 0 Å². The first-order chi connectivity index (χ1) is 9.90. The van der Waals surface area contributed by atoms with Gasteiger partial charge in [-0.2, -0.15) is 0 Å². The lowest BCUT2D eigenvalue weighted by atomic mass is 10.3. The third kappa shape index (κ3) is 4.43. The van der Waals surface area contributed by atoms with Crippen molar-refractivity contribution in [3.05, 3.63) is 28.2 Å². The van der Waals surface area contributed by atoms with Gasteiger partial charge in [-0.1, -0.05) is 0 Å². The van der Waals surface area contributed by atoms with Gasteiger partial charge in [0, 0.05) is 39.3 Å². The molecule has 0 saturated carbocycles. The Kier molecular flexibility index (Phi) is 5.67. The fourth-order valence-electron chi connectivity index (χ4n) is 2.06. The van der Waals surface area contributed by atoms with Crippen molar-refractivity contribution in [2.45, 2.75) is 4.90 Å². The lowest BCUT2D eigenvalue weighted by molar-refractivity contribution is 0.245. The van der Waals surface area contributed by atoms with E-state index in [0.29, 0.717) is 12.6 Å². The molecular weight excluding hydrogens is 368 g/mol. The van der Waals surface area contributed by atoms with Crippen LogP contribution in [0, 0.1) is 11.6 Å². The predicted molar refractivity (Wildman–Crippen MR) is 78.6 cm³/mol. The van der Waals surface area contributed by atoms with Crippen molar-refractivity contribution in [3.8, 4) is 0 Å². The maximum atomic E-state index is 13.7. The molecule has 118 valence electrons. The van der Waals surface area contributed by atoms with Gasteiger partial charge >= 0.3 is 0 Å². The van der Waals surface area contributed by atoms with Gasteiger partial charge in [0.2, 0.25) is 10.0 Å². The van der Waals surface area contributed by atoms with Gasteiger partial charge in [-0.05, 0) is 28.1 Å². The van der Waals surface area contributed by atoms with E-state index in [9.17, 15) is 17.2 Å². The summed E-state index contributed by atoms with van der Waals surface area (Å²) in [6.07, 6.45) is 0. The number of halogens is 3. The standard InChI is InChI=1S/C12H16BrF2N3O2S/c13-9-7-11(15)12(8-10(9)14)21(19,20)17-3-6-18-4-1-16-2-5-18/h7-8,16-17H,1-6H2. The summed E-state index contributed by atoms with van der Waals surface area (Å²) < 4.78 is 53.2. The zero-order chi connectivity index (χ0) is 15.5. The van der Waals surface area contributed by atoms with E-state index in [0.717, 1.165) is 32.2 Å². The quantitative estimate of drug-likeness (QED) is 0.742. The molecule has 0 atom stereocenters. The average Bonchev–Trinajstić information content (AvgIpc) is 2.43. The highest BCUT2D eigenvalue weighted by molar-refractivity contribution is 9.10. The van der Waals surface area contributed by atoms with Crippen LogP contribution in [-0.2, 0) is 10.0 Å². The molecule has 0 unspecified atom stereocenters. The molecule has 0 aliphatic carbocycles. The minimum atomic E-state index is -4.06. The van der Waals surface area contributed by atoms with Crippen LogP contribution in [0.25, 0.3) is 0 Å². The number of hydrogen-bond donors (Lipinski definition) is 2. The van der Waals surface area contributed by atoms with Gasteiger partial charge in [-0.15, -0.1) is 0 Å². The van der Waals surface area contributed by atoms with Gasteiger partial charge in [-0.25, -0.2) is 21.9 Å². The highest BCUT2D eigenvalue weighted by atomic mass is 79.9. The van der Waals surface area contributed by atoms with Crippen molar-refractivity contribution in [2.75, 3.05) is 39.3 Å². The Labute approximate surface area is 130 Å².